The summed E-state index contributed by atoms with van der Waals surface area (Å²) in [6.07, 6.45) is 1.01. The van der Waals surface area contributed by atoms with Crippen LogP contribution in [0.25, 0.3) is 4.96 Å². The molecule has 0 radical (unpaired) electrons. The van der Waals surface area contributed by atoms with Gasteiger partial charge in [-0.2, -0.15) is 0 Å². The lowest BCUT2D eigenvalue weighted by Gasteiger charge is -2.11. The third kappa shape index (κ3) is 2.69. The number of aryl methyl sites for hydroxylation is 1. The van der Waals surface area contributed by atoms with Crippen molar-refractivity contribution in [1.29, 1.82) is 0 Å². The van der Waals surface area contributed by atoms with E-state index in [1.807, 2.05) is 0 Å². The number of carbonyl (C=O) groups is 2. The van der Waals surface area contributed by atoms with Gasteiger partial charge in [0.25, 0.3) is 11.5 Å². The highest BCUT2D eigenvalue weighted by molar-refractivity contribution is 7.15. The van der Waals surface area contributed by atoms with Crippen LogP contribution in [0.1, 0.15) is 29.4 Å². The van der Waals surface area contributed by atoms with E-state index < -0.39 is 23.5 Å². The molecule has 8 heteroatoms. The molecule has 1 amide bonds. The Morgan fingerprint density at radius 3 is 2.90 bits per heavy atom. The zero-order chi connectivity index (χ0) is 14.9. The zero-order valence-corrected chi connectivity index (χ0v) is 11.7. The lowest BCUT2D eigenvalue weighted by molar-refractivity contribution is -0.137. The SMILES string of the molecule is Cc1csc2ncc(C(=O)NC(C)CC(=O)O)c(=O)n12. The summed E-state index contributed by atoms with van der Waals surface area (Å²) < 4.78 is 1.36. The molecule has 0 aliphatic carbocycles. The number of carbonyl (C=O) groups excluding carboxylic acids is 1. The molecule has 0 saturated heterocycles. The van der Waals surface area contributed by atoms with E-state index in [0.717, 1.165) is 0 Å². The molecule has 1 unspecified atom stereocenters. The fourth-order valence-electron chi connectivity index (χ4n) is 1.80. The van der Waals surface area contributed by atoms with Crippen LogP contribution in [-0.2, 0) is 4.79 Å². The highest BCUT2D eigenvalue weighted by Gasteiger charge is 2.17. The number of nitrogens with one attached hydrogen (secondary N) is 1. The maximum Gasteiger partial charge on any atom is 0.305 e. The lowest BCUT2D eigenvalue weighted by Crippen LogP contribution is -2.38. The number of aromatic nitrogens is 2. The molecule has 0 aliphatic heterocycles. The summed E-state index contributed by atoms with van der Waals surface area (Å²) in [6.45, 7) is 3.31. The minimum atomic E-state index is -1.02. The minimum absolute atomic E-state index is 0.0961. The van der Waals surface area contributed by atoms with Crippen molar-refractivity contribution in [3.8, 4) is 0 Å². The summed E-state index contributed by atoms with van der Waals surface area (Å²) >= 11 is 1.31. The molecular weight excluding hydrogens is 282 g/mol. The second-order valence-electron chi connectivity index (χ2n) is 4.44. The largest absolute Gasteiger partial charge is 0.481 e. The summed E-state index contributed by atoms with van der Waals surface area (Å²) in [7, 11) is 0. The first-order valence-corrected chi connectivity index (χ1v) is 6.76. The Bertz CT molecular complexity index is 734. The van der Waals surface area contributed by atoms with Crippen LogP contribution in [0, 0.1) is 6.92 Å². The number of aliphatic carboxylic acids is 1. The smallest absolute Gasteiger partial charge is 0.305 e. The van der Waals surface area contributed by atoms with Gasteiger partial charge in [0.1, 0.15) is 5.56 Å². The van der Waals surface area contributed by atoms with Crippen LogP contribution in [0.2, 0.25) is 0 Å². The third-order valence-electron chi connectivity index (χ3n) is 2.72. The zero-order valence-electron chi connectivity index (χ0n) is 10.9. The van der Waals surface area contributed by atoms with Crippen molar-refractivity contribution in [2.75, 3.05) is 0 Å². The predicted molar refractivity (Wildman–Crippen MR) is 73.3 cm³/mol. The normalized spacial score (nSPS) is 12.3. The topological polar surface area (TPSA) is 101 Å². The monoisotopic (exact) mass is 295 g/mol. The van der Waals surface area contributed by atoms with Crippen LogP contribution < -0.4 is 10.9 Å². The van der Waals surface area contributed by atoms with Gasteiger partial charge in [0.2, 0.25) is 0 Å². The van der Waals surface area contributed by atoms with Crippen molar-refractivity contribution in [1.82, 2.24) is 14.7 Å². The third-order valence-corrected chi connectivity index (χ3v) is 3.68. The molecule has 0 fully saturated rings. The Hall–Kier alpha value is -2.22. The molecule has 1 atom stereocenters. The van der Waals surface area contributed by atoms with Gasteiger partial charge in [-0.05, 0) is 13.8 Å². The maximum atomic E-state index is 12.2. The highest BCUT2D eigenvalue weighted by atomic mass is 32.1. The van der Waals surface area contributed by atoms with E-state index in [2.05, 4.69) is 10.3 Å². The van der Waals surface area contributed by atoms with Crippen molar-refractivity contribution in [2.45, 2.75) is 26.3 Å². The Morgan fingerprint density at radius 2 is 2.25 bits per heavy atom. The van der Waals surface area contributed by atoms with Crippen molar-refractivity contribution >= 4 is 28.2 Å². The van der Waals surface area contributed by atoms with Gasteiger partial charge >= 0.3 is 5.97 Å². The molecule has 0 saturated carbocycles. The Labute approximate surface area is 117 Å². The number of amides is 1. The van der Waals surface area contributed by atoms with Crippen LogP contribution in [0.4, 0.5) is 0 Å². The maximum absolute atomic E-state index is 12.2. The highest BCUT2D eigenvalue weighted by Crippen LogP contribution is 2.11. The predicted octanol–water partition coefficient (Wildman–Crippen LogP) is 0.657. The first-order valence-electron chi connectivity index (χ1n) is 5.88. The van der Waals surface area contributed by atoms with Gasteiger partial charge in [0.15, 0.2) is 4.96 Å². The van der Waals surface area contributed by atoms with Crippen LogP contribution in [-0.4, -0.2) is 32.4 Å². The minimum Gasteiger partial charge on any atom is -0.481 e. The first kappa shape index (κ1) is 14.2. The number of fused-ring (bicyclic) bond motifs is 1. The number of carboxylic acid groups (broad SMARTS) is 1. The van der Waals surface area contributed by atoms with E-state index in [9.17, 15) is 14.4 Å². The average Bonchev–Trinajstić information content (AvgIpc) is 2.70. The molecule has 0 aromatic carbocycles. The molecule has 2 aromatic heterocycles. The van der Waals surface area contributed by atoms with Gasteiger partial charge in [0.05, 0.1) is 6.42 Å². The van der Waals surface area contributed by atoms with Gasteiger partial charge in [-0.1, -0.05) is 0 Å². The number of hydrogen-bond donors (Lipinski definition) is 2. The molecule has 2 rings (SSSR count). The first-order chi connectivity index (χ1) is 9.40. The van der Waals surface area contributed by atoms with Crippen molar-refractivity contribution in [3.63, 3.8) is 0 Å². The lowest BCUT2D eigenvalue weighted by atomic mass is 10.2. The van der Waals surface area contributed by atoms with Crippen LogP contribution in [0.5, 0.6) is 0 Å². The summed E-state index contributed by atoms with van der Waals surface area (Å²) in [5.41, 5.74) is 0.158. The van der Waals surface area contributed by atoms with E-state index in [0.29, 0.717) is 10.7 Å². The van der Waals surface area contributed by atoms with Crippen molar-refractivity contribution < 1.29 is 14.7 Å². The molecule has 0 aliphatic rings. The standard InChI is InChI=1S/C12H13N3O4S/c1-6(3-9(16)17)14-10(18)8-4-13-12-15(11(8)19)7(2)5-20-12/h4-6H,3H2,1-2H3,(H,14,18)(H,16,17). The Kier molecular flexibility index (Phi) is 3.84. The van der Waals surface area contributed by atoms with E-state index in [-0.39, 0.29) is 12.0 Å². The van der Waals surface area contributed by atoms with Gasteiger partial charge in [-0.25, -0.2) is 4.98 Å². The molecule has 7 nitrogen and oxygen atoms in total. The molecule has 2 heterocycles. The second kappa shape index (κ2) is 5.41. The molecule has 2 aromatic rings. The molecule has 2 N–H and O–H groups in total. The van der Waals surface area contributed by atoms with E-state index in [1.54, 1.807) is 19.2 Å². The molecule has 106 valence electrons. The molecular formula is C12H13N3O4S. The molecule has 0 spiro atoms. The van der Waals surface area contributed by atoms with Gasteiger partial charge in [0, 0.05) is 23.3 Å². The Balaban J connectivity index is 2.31. The summed E-state index contributed by atoms with van der Waals surface area (Å²) in [4.78, 5) is 39.3. The molecule has 20 heavy (non-hydrogen) atoms. The average molecular weight is 295 g/mol. The number of rotatable bonds is 4. The van der Waals surface area contributed by atoms with Gasteiger partial charge < -0.3 is 10.4 Å². The van der Waals surface area contributed by atoms with Gasteiger partial charge in [-0.15, -0.1) is 11.3 Å². The van der Waals surface area contributed by atoms with E-state index in [4.69, 9.17) is 5.11 Å². The number of nitrogens with zero attached hydrogens (tertiary/aromatic N) is 2. The van der Waals surface area contributed by atoms with Crippen molar-refractivity contribution in [3.05, 3.63) is 33.2 Å². The fraction of sp³-hybridized carbons (Fsp3) is 0.333. The fourth-order valence-corrected chi connectivity index (χ4v) is 2.62. The second-order valence-corrected chi connectivity index (χ2v) is 5.28. The Morgan fingerprint density at radius 1 is 1.55 bits per heavy atom. The summed E-state index contributed by atoms with van der Waals surface area (Å²) in [5.74, 6) is -1.63. The van der Waals surface area contributed by atoms with Crippen LogP contribution in [0.15, 0.2) is 16.4 Å². The van der Waals surface area contributed by atoms with Gasteiger partial charge in [-0.3, -0.25) is 18.8 Å². The summed E-state index contributed by atoms with van der Waals surface area (Å²) in [6, 6.07) is -0.566. The van der Waals surface area contributed by atoms with E-state index in [1.165, 1.54) is 21.9 Å². The van der Waals surface area contributed by atoms with Crippen molar-refractivity contribution in [2.24, 2.45) is 0 Å². The molecule has 0 bridgehead atoms. The van der Waals surface area contributed by atoms with Crippen LogP contribution >= 0.6 is 11.3 Å². The number of thiazole rings is 1. The van der Waals surface area contributed by atoms with Crippen LogP contribution in [0.3, 0.4) is 0 Å². The van der Waals surface area contributed by atoms with E-state index >= 15 is 0 Å². The quantitative estimate of drug-likeness (QED) is 0.863. The summed E-state index contributed by atoms with van der Waals surface area (Å²) in [5, 5.41) is 12.9. The number of hydrogen-bond acceptors (Lipinski definition) is 5. The number of carboxylic acids is 1.